The minimum atomic E-state index is 0.238. The van der Waals surface area contributed by atoms with Gasteiger partial charge in [-0.1, -0.05) is 20.8 Å². The molecule has 1 saturated heterocycles. The number of carbonyl (C=O) groups excluding carboxylic acids is 1. The van der Waals surface area contributed by atoms with E-state index in [1.54, 1.807) is 0 Å². The highest BCUT2D eigenvalue weighted by molar-refractivity contribution is 5.96. The van der Waals surface area contributed by atoms with Crippen molar-refractivity contribution in [3.05, 3.63) is 29.3 Å². The first-order valence-corrected chi connectivity index (χ1v) is 8.94. The Kier molecular flexibility index (Phi) is 6.64. The van der Waals surface area contributed by atoms with Gasteiger partial charge in [-0.25, -0.2) is 0 Å². The number of benzene rings is 1. The third-order valence-corrected chi connectivity index (χ3v) is 4.47. The minimum absolute atomic E-state index is 0.238. The normalized spacial score (nSPS) is 19.1. The second kappa shape index (κ2) is 8.49. The van der Waals surface area contributed by atoms with Crippen LogP contribution >= 0.6 is 0 Å². The average Bonchev–Trinajstić information content (AvgIpc) is 2.51. The highest BCUT2D eigenvalue weighted by atomic mass is 16.5. The van der Waals surface area contributed by atoms with Crippen molar-refractivity contribution in [3.8, 4) is 5.75 Å². The van der Waals surface area contributed by atoms with E-state index in [2.05, 4.69) is 25.7 Å². The van der Waals surface area contributed by atoms with E-state index >= 15 is 0 Å². The van der Waals surface area contributed by atoms with Crippen LogP contribution in [0.4, 0.5) is 0 Å². The van der Waals surface area contributed by atoms with Crippen LogP contribution in [0.5, 0.6) is 5.75 Å². The van der Waals surface area contributed by atoms with Crippen molar-refractivity contribution in [2.24, 2.45) is 11.8 Å². The van der Waals surface area contributed by atoms with Crippen LogP contribution in [-0.4, -0.2) is 36.9 Å². The maximum atomic E-state index is 12.4. The molecule has 1 aromatic carbocycles. The second-order valence-electron chi connectivity index (χ2n) is 7.41. The zero-order valence-corrected chi connectivity index (χ0v) is 15.1. The predicted octanol–water partition coefficient (Wildman–Crippen LogP) is 4.33. The summed E-state index contributed by atoms with van der Waals surface area (Å²) in [6.45, 7) is 12.4. The van der Waals surface area contributed by atoms with Gasteiger partial charge in [0.25, 0.3) is 0 Å². The van der Waals surface area contributed by atoms with E-state index in [0.717, 1.165) is 42.4 Å². The van der Waals surface area contributed by atoms with Crippen molar-refractivity contribution < 1.29 is 9.53 Å². The van der Waals surface area contributed by atoms with Crippen LogP contribution < -0.4 is 4.74 Å². The molecule has 1 unspecified atom stereocenters. The number of ketones is 1. The lowest BCUT2D eigenvalue weighted by atomic mass is 9.99. The number of hydrogen-bond donors (Lipinski definition) is 0. The molecule has 0 bridgehead atoms. The van der Waals surface area contributed by atoms with Gasteiger partial charge < -0.3 is 9.64 Å². The highest BCUT2D eigenvalue weighted by Crippen LogP contribution is 2.21. The van der Waals surface area contributed by atoms with Crippen LogP contribution in [0.1, 0.15) is 56.0 Å². The van der Waals surface area contributed by atoms with Crippen molar-refractivity contribution in [1.29, 1.82) is 0 Å². The fraction of sp³-hybridized carbons (Fsp3) is 0.650. The Hall–Kier alpha value is -1.35. The summed E-state index contributed by atoms with van der Waals surface area (Å²) in [7, 11) is 0. The van der Waals surface area contributed by atoms with Crippen molar-refractivity contribution in [2.75, 3.05) is 26.2 Å². The van der Waals surface area contributed by atoms with Gasteiger partial charge in [0.1, 0.15) is 5.75 Å². The molecule has 128 valence electrons. The van der Waals surface area contributed by atoms with Crippen LogP contribution in [-0.2, 0) is 0 Å². The quantitative estimate of drug-likeness (QED) is 0.701. The van der Waals surface area contributed by atoms with Crippen molar-refractivity contribution >= 4 is 5.78 Å². The van der Waals surface area contributed by atoms with E-state index in [9.17, 15) is 4.79 Å². The molecule has 0 aromatic heterocycles. The lowest BCUT2D eigenvalue weighted by molar-refractivity contribution is 0.0949. The SMILES string of the molecule is Cc1cc(C(=O)CCN2CCCC(C)C2)ccc1OCC(C)C. The first-order valence-electron chi connectivity index (χ1n) is 8.94. The number of hydrogen-bond acceptors (Lipinski definition) is 3. The van der Waals surface area contributed by atoms with Crippen molar-refractivity contribution in [1.82, 2.24) is 4.90 Å². The largest absolute Gasteiger partial charge is 0.493 e. The Bertz CT molecular complexity index is 524. The lowest BCUT2D eigenvalue weighted by Gasteiger charge is -2.30. The van der Waals surface area contributed by atoms with Gasteiger partial charge in [-0.15, -0.1) is 0 Å². The smallest absolute Gasteiger partial charge is 0.164 e. The van der Waals surface area contributed by atoms with E-state index in [1.807, 2.05) is 25.1 Å². The Labute approximate surface area is 141 Å². The molecular weight excluding hydrogens is 286 g/mol. The van der Waals surface area contributed by atoms with Crippen LogP contribution in [0.3, 0.4) is 0 Å². The zero-order valence-electron chi connectivity index (χ0n) is 15.1. The minimum Gasteiger partial charge on any atom is -0.493 e. The molecule has 1 aliphatic heterocycles. The zero-order chi connectivity index (χ0) is 16.8. The molecule has 0 amide bonds. The third kappa shape index (κ3) is 5.65. The summed E-state index contributed by atoms with van der Waals surface area (Å²) in [5.74, 6) is 2.39. The molecule has 1 heterocycles. The standard InChI is InChI=1S/C20H31NO2/c1-15(2)14-23-20-8-7-18(12-17(20)4)19(22)9-11-21-10-5-6-16(3)13-21/h7-8,12,15-16H,5-6,9-11,13-14H2,1-4H3. The summed E-state index contributed by atoms with van der Waals surface area (Å²) >= 11 is 0. The van der Waals surface area contributed by atoms with Gasteiger partial charge in [0.15, 0.2) is 5.78 Å². The van der Waals surface area contributed by atoms with Gasteiger partial charge in [-0.2, -0.15) is 0 Å². The molecule has 1 atom stereocenters. The van der Waals surface area contributed by atoms with E-state index in [-0.39, 0.29) is 5.78 Å². The van der Waals surface area contributed by atoms with Gasteiger partial charge in [-0.05, 0) is 61.9 Å². The fourth-order valence-corrected chi connectivity index (χ4v) is 3.14. The van der Waals surface area contributed by atoms with Crippen LogP contribution in [0.2, 0.25) is 0 Å². The van der Waals surface area contributed by atoms with E-state index in [0.29, 0.717) is 18.9 Å². The molecule has 1 aliphatic rings. The molecule has 0 radical (unpaired) electrons. The van der Waals surface area contributed by atoms with Crippen molar-refractivity contribution in [3.63, 3.8) is 0 Å². The molecule has 2 rings (SSSR count). The predicted molar refractivity (Wildman–Crippen MR) is 95.3 cm³/mol. The number of ether oxygens (including phenoxy) is 1. The van der Waals surface area contributed by atoms with E-state index < -0.39 is 0 Å². The summed E-state index contributed by atoms with van der Waals surface area (Å²) in [5.41, 5.74) is 1.85. The number of rotatable bonds is 7. The molecule has 23 heavy (non-hydrogen) atoms. The summed E-state index contributed by atoms with van der Waals surface area (Å²) in [4.78, 5) is 14.9. The van der Waals surface area contributed by atoms with Gasteiger partial charge >= 0.3 is 0 Å². The van der Waals surface area contributed by atoms with Crippen LogP contribution in [0.15, 0.2) is 18.2 Å². The first kappa shape index (κ1) is 18.0. The first-order chi connectivity index (χ1) is 11.0. The number of carbonyl (C=O) groups is 1. The molecule has 0 aliphatic carbocycles. The van der Waals surface area contributed by atoms with Crippen LogP contribution in [0.25, 0.3) is 0 Å². The summed E-state index contributed by atoms with van der Waals surface area (Å²) in [6.07, 6.45) is 3.19. The molecule has 3 heteroatoms. The third-order valence-electron chi connectivity index (χ3n) is 4.47. The molecule has 1 fully saturated rings. The van der Waals surface area contributed by atoms with E-state index in [1.165, 1.54) is 12.8 Å². The fourth-order valence-electron chi connectivity index (χ4n) is 3.14. The molecular formula is C20H31NO2. The monoisotopic (exact) mass is 317 g/mol. The average molecular weight is 317 g/mol. The van der Waals surface area contributed by atoms with Gasteiger partial charge in [0.05, 0.1) is 6.61 Å². The summed E-state index contributed by atoms with van der Waals surface area (Å²) in [6, 6.07) is 5.81. The number of likely N-dealkylation sites (tertiary alicyclic amines) is 1. The number of nitrogens with zero attached hydrogens (tertiary/aromatic N) is 1. The molecule has 3 nitrogen and oxygen atoms in total. The topological polar surface area (TPSA) is 29.5 Å². The summed E-state index contributed by atoms with van der Waals surface area (Å²) < 4.78 is 5.78. The van der Waals surface area contributed by atoms with Gasteiger partial charge in [0, 0.05) is 25.1 Å². The van der Waals surface area contributed by atoms with Gasteiger partial charge in [-0.3, -0.25) is 4.79 Å². The number of aryl methyl sites for hydroxylation is 1. The van der Waals surface area contributed by atoms with Crippen LogP contribution in [0, 0.1) is 18.8 Å². The molecule has 1 aromatic rings. The lowest BCUT2D eigenvalue weighted by Crippen LogP contribution is -2.35. The summed E-state index contributed by atoms with van der Waals surface area (Å²) in [5, 5.41) is 0. The van der Waals surface area contributed by atoms with E-state index in [4.69, 9.17) is 4.74 Å². The Morgan fingerprint density at radius 1 is 1.39 bits per heavy atom. The second-order valence-corrected chi connectivity index (χ2v) is 7.41. The van der Waals surface area contributed by atoms with Crippen molar-refractivity contribution in [2.45, 2.75) is 47.0 Å². The molecule has 0 spiro atoms. The number of Topliss-reactive ketones (excluding diaryl/α,β-unsaturated/α-hetero) is 1. The number of piperidine rings is 1. The highest BCUT2D eigenvalue weighted by Gasteiger charge is 2.17. The molecule has 0 N–H and O–H groups in total. The molecule has 0 saturated carbocycles. The Morgan fingerprint density at radius 2 is 2.17 bits per heavy atom. The van der Waals surface area contributed by atoms with Gasteiger partial charge in [0.2, 0.25) is 0 Å². The Morgan fingerprint density at radius 3 is 2.83 bits per heavy atom. The maximum absolute atomic E-state index is 12.4. The Balaban J connectivity index is 1.88. The maximum Gasteiger partial charge on any atom is 0.164 e.